The SMILES string of the molecule is COc1ccc([C@H](C(=O)NC2CCCCC2)N(C[C@@H]2CCCO2)C(=O)CCl)cc1. The van der Waals surface area contributed by atoms with Crippen LogP contribution in [-0.4, -0.2) is 55.0 Å². The zero-order valence-corrected chi connectivity index (χ0v) is 17.8. The van der Waals surface area contributed by atoms with Crippen molar-refractivity contribution < 1.29 is 19.1 Å². The van der Waals surface area contributed by atoms with Crippen LogP contribution in [0.25, 0.3) is 0 Å². The smallest absolute Gasteiger partial charge is 0.247 e. The predicted octanol–water partition coefficient (Wildman–Crippen LogP) is 3.43. The van der Waals surface area contributed by atoms with Crippen LogP contribution in [-0.2, 0) is 14.3 Å². The lowest BCUT2D eigenvalue weighted by molar-refractivity contribution is -0.141. The average Bonchev–Trinajstić information content (AvgIpc) is 3.27. The fourth-order valence-corrected chi connectivity index (χ4v) is 4.38. The molecule has 3 rings (SSSR count). The summed E-state index contributed by atoms with van der Waals surface area (Å²) < 4.78 is 11.0. The molecule has 1 aliphatic carbocycles. The predicted molar refractivity (Wildman–Crippen MR) is 112 cm³/mol. The van der Waals surface area contributed by atoms with Crippen LogP contribution in [0.15, 0.2) is 24.3 Å². The summed E-state index contributed by atoms with van der Waals surface area (Å²) in [6.45, 7) is 1.05. The van der Waals surface area contributed by atoms with Gasteiger partial charge in [0.15, 0.2) is 0 Å². The van der Waals surface area contributed by atoms with E-state index in [1.165, 1.54) is 6.42 Å². The second kappa shape index (κ2) is 10.8. The summed E-state index contributed by atoms with van der Waals surface area (Å²) in [5.41, 5.74) is 0.746. The molecule has 29 heavy (non-hydrogen) atoms. The summed E-state index contributed by atoms with van der Waals surface area (Å²) in [6.07, 6.45) is 7.21. The van der Waals surface area contributed by atoms with Crippen molar-refractivity contribution in [3.63, 3.8) is 0 Å². The van der Waals surface area contributed by atoms with Gasteiger partial charge in [0.05, 0.1) is 13.2 Å². The number of benzene rings is 1. The Morgan fingerprint density at radius 2 is 1.90 bits per heavy atom. The number of ether oxygens (including phenoxy) is 2. The maximum atomic E-state index is 13.4. The zero-order chi connectivity index (χ0) is 20.6. The first kappa shape index (κ1) is 21.9. The van der Waals surface area contributed by atoms with Crippen LogP contribution in [0.5, 0.6) is 5.75 Å². The lowest BCUT2D eigenvalue weighted by Crippen LogP contribution is -2.49. The van der Waals surface area contributed by atoms with Crippen molar-refractivity contribution in [1.82, 2.24) is 10.2 Å². The molecule has 1 aliphatic heterocycles. The third kappa shape index (κ3) is 5.86. The van der Waals surface area contributed by atoms with Crippen LogP contribution in [0.4, 0.5) is 0 Å². The number of methoxy groups -OCH3 is 1. The van der Waals surface area contributed by atoms with Gasteiger partial charge in [-0.1, -0.05) is 31.4 Å². The van der Waals surface area contributed by atoms with Crippen LogP contribution in [0, 0.1) is 0 Å². The van der Waals surface area contributed by atoms with Gasteiger partial charge < -0.3 is 19.7 Å². The highest BCUT2D eigenvalue weighted by atomic mass is 35.5. The van der Waals surface area contributed by atoms with E-state index < -0.39 is 6.04 Å². The van der Waals surface area contributed by atoms with Crippen molar-refractivity contribution in [2.24, 2.45) is 0 Å². The van der Waals surface area contributed by atoms with Gasteiger partial charge in [0.2, 0.25) is 11.8 Å². The minimum Gasteiger partial charge on any atom is -0.497 e. The van der Waals surface area contributed by atoms with E-state index in [4.69, 9.17) is 21.1 Å². The molecule has 2 atom stereocenters. The quantitative estimate of drug-likeness (QED) is 0.651. The van der Waals surface area contributed by atoms with Gasteiger partial charge in [0, 0.05) is 19.2 Å². The Morgan fingerprint density at radius 3 is 2.48 bits per heavy atom. The van der Waals surface area contributed by atoms with Crippen LogP contribution in [0.2, 0.25) is 0 Å². The normalized spacial score (nSPS) is 20.8. The maximum Gasteiger partial charge on any atom is 0.247 e. The number of rotatable bonds is 8. The molecule has 1 N–H and O–H groups in total. The molecule has 1 heterocycles. The Balaban J connectivity index is 1.86. The molecule has 2 fully saturated rings. The van der Waals surface area contributed by atoms with Gasteiger partial charge in [0.1, 0.15) is 17.7 Å². The Hall–Kier alpha value is -1.79. The van der Waals surface area contributed by atoms with E-state index in [1.54, 1.807) is 12.0 Å². The molecule has 0 spiro atoms. The first-order valence-electron chi connectivity index (χ1n) is 10.5. The van der Waals surface area contributed by atoms with E-state index >= 15 is 0 Å². The summed E-state index contributed by atoms with van der Waals surface area (Å²) in [7, 11) is 1.60. The lowest BCUT2D eigenvalue weighted by atomic mass is 9.94. The molecule has 1 aromatic rings. The summed E-state index contributed by atoms with van der Waals surface area (Å²) in [6, 6.07) is 6.73. The van der Waals surface area contributed by atoms with Crippen LogP contribution < -0.4 is 10.1 Å². The van der Waals surface area contributed by atoms with Crippen molar-refractivity contribution >= 4 is 23.4 Å². The second-order valence-electron chi connectivity index (χ2n) is 7.83. The highest BCUT2D eigenvalue weighted by Crippen LogP contribution is 2.27. The number of carbonyl (C=O) groups excluding carboxylic acids is 2. The number of alkyl halides is 1. The van der Waals surface area contributed by atoms with E-state index in [2.05, 4.69) is 5.32 Å². The average molecular weight is 423 g/mol. The van der Waals surface area contributed by atoms with Gasteiger partial charge in [-0.3, -0.25) is 9.59 Å². The van der Waals surface area contributed by atoms with Crippen LogP contribution >= 0.6 is 11.6 Å². The third-order valence-electron chi connectivity index (χ3n) is 5.80. The molecule has 0 unspecified atom stereocenters. The first-order chi connectivity index (χ1) is 14.1. The highest BCUT2D eigenvalue weighted by molar-refractivity contribution is 6.27. The molecule has 6 nitrogen and oxygen atoms in total. The molecule has 160 valence electrons. The minimum atomic E-state index is -0.738. The monoisotopic (exact) mass is 422 g/mol. The summed E-state index contributed by atoms with van der Waals surface area (Å²) in [5.74, 6) is 0.116. The Morgan fingerprint density at radius 1 is 1.17 bits per heavy atom. The number of halogens is 1. The molecule has 2 amide bonds. The van der Waals surface area contributed by atoms with Crippen molar-refractivity contribution in [2.75, 3.05) is 26.1 Å². The molecule has 0 radical (unpaired) electrons. The standard InChI is InChI=1S/C22H31ClN2O4/c1-28-18-11-9-16(10-12-18)21(22(27)24-17-6-3-2-4-7-17)25(20(26)14-23)15-19-8-5-13-29-19/h9-12,17,19,21H,2-8,13-15H2,1H3,(H,24,27)/t19-,21+/m0/s1. The minimum absolute atomic E-state index is 0.0644. The van der Waals surface area contributed by atoms with Crippen molar-refractivity contribution in [3.8, 4) is 5.75 Å². The topological polar surface area (TPSA) is 67.9 Å². The number of amides is 2. The largest absolute Gasteiger partial charge is 0.497 e. The molecule has 1 aromatic carbocycles. The van der Waals surface area contributed by atoms with Crippen molar-refractivity contribution in [2.45, 2.75) is 63.1 Å². The van der Waals surface area contributed by atoms with Gasteiger partial charge in [-0.25, -0.2) is 0 Å². The van der Waals surface area contributed by atoms with Gasteiger partial charge in [0.25, 0.3) is 0 Å². The fourth-order valence-electron chi connectivity index (χ4n) is 4.22. The fraction of sp³-hybridized carbons (Fsp3) is 0.636. The molecule has 2 aliphatic rings. The summed E-state index contributed by atoms with van der Waals surface area (Å²) in [4.78, 5) is 27.7. The number of hydrogen-bond acceptors (Lipinski definition) is 4. The molecule has 0 aromatic heterocycles. The summed E-state index contributed by atoms with van der Waals surface area (Å²) in [5, 5.41) is 3.18. The van der Waals surface area contributed by atoms with E-state index in [9.17, 15) is 9.59 Å². The van der Waals surface area contributed by atoms with Crippen molar-refractivity contribution in [3.05, 3.63) is 29.8 Å². The summed E-state index contributed by atoms with van der Waals surface area (Å²) >= 11 is 5.92. The molecule has 0 bridgehead atoms. The van der Waals surface area contributed by atoms with E-state index in [1.807, 2.05) is 24.3 Å². The number of hydrogen-bond donors (Lipinski definition) is 1. The van der Waals surface area contributed by atoms with Gasteiger partial charge in [-0.2, -0.15) is 0 Å². The highest BCUT2D eigenvalue weighted by Gasteiger charge is 2.34. The molecular weight excluding hydrogens is 392 g/mol. The number of carbonyl (C=O) groups is 2. The van der Waals surface area contributed by atoms with Gasteiger partial charge in [-0.15, -0.1) is 11.6 Å². The Kier molecular flexibility index (Phi) is 8.19. The Bertz CT molecular complexity index is 670. The molecular formula is C22H31ClN2O4. The van der Waals surface area contributed by atoms with Gasteiger partial charge >= 0.3 is 0 Å². The van der Waals surface area contributed by atoms with E-state index in [-0.39, 0.29) is 29.8 Å². The lowest BCUT2D eigenvalue weighted by Gasteiger charge is -2.34. The second-order valence-corrected chi connectivity index (χ2v) is 8.10. The van der Waals surface area contributed by atoms with Crippen LogP contribution in [0.1, 0.15) is 56.6 Å². The Labute approximate surface area is 177 Å². The van der Waals surface area contributed by atoms with Crippen LogP contribution in [0.3, 0.4) is 0 Å². The maximum absolute atomic E-state index is 13.4. The third-order valence-corrected chi connectivity index (χ3v) is 6.03. The molecule has 7 heteroatoms. The van der Waals surface area contributed by atoms with E-state index in [0.29, 0.717) is 18.9 Å². The van der Waals surface area contributed by atoms with E-state index in [0.717, 1.165) is 44.1 Å². The molecule has 1 saturated carbocycles. The van der Waals surface area contributed by atoms with Gasteiger partial charge in [-0.05, 0) is 43.4 Å². The number of nitrogens with zero attached hydrogens (tertiary/aromatic N) is 1. The first-order valence-corrected chi connectivity index (χ1v) is 11.1. The number of nitrogens with one attached hydrogen (secondary N) is 1. The zero-order valence-electron chi connectivity index (χ0n) is 17.1. The molecule has 1 saturated heterocycles. The van der Waals surface area contributed by atoms with Crippen molar-refractivity contribution in [1.29, 1.82) is 0 Å².